The summed E-state index contributed by atoms with van der Waals surface area (Å²) in [5.41, 5.74) is 0. The standard InChI is InChI=1S/C46H87NO7/c1-6-8-10-12-14-16-18-19-20-21-22-23-24-25-26-27-29-31-33-35-37-45(49)54-42(40-52-39-38-43(46(50)51)47(3,4)5)41-53-44(48)36-34-32-30-28-17-15-13-11-9-7-2/h22-23,42-43H,6-21,24-41H2,1-5H3/p+1/b23-22+. The summed E-state index contributed by atoms with van der Waals surface area (Å²) in [5, 5.41) is 9.61. The first-order valence-corrected chi connectivity index (χ1v) is 22.7. The number of likely N-dealkylation sites (N-methyl/N-ethyl adjacent to an activating group) is 1. The van der Waals surface area contributed by atoms with Crippen molar-refractivity contribution in [3.05, 3.63) is 12.2 Å². The highest BCUT2D eigenvalue weighted by molar-refractivity contribution is 5.72. The molecule has 0 aromatic heterocycles. The number of carboxylic acid groups (broad SMARTS) is 1. The first kappa shape index (κ1) is 52.1. The SMILES string of the molecule is CCCCCCCCCCC/C=C/CCCCCCCCCC(=O)OC(COCCC(C(=O)O)[N+](C)(C)C)COC(=O)CCCCCCCCCCCC. The van der Waals surface area contributed by atoms with Crippen LogP contribution in [-0.4, -0.2) is 80.6 Å². The number of quaternary nitrogens is 1. The molecule has 0 spiro atoms. The normalized spacial score (nSPS) is 13.0. The van der Waals surface area contributed by atoms with E-state index in [1.165, 1.54) is 141 Å². The Kier molecular flexibility index (Phi) is 36.6. The van der Waals surface area contributed by atoms with Crippen molar-refractivity contribution >= 4 is 17.9 Å². The van der Waals surface area contributed by atoms with Gasteiger partial charge in [0.2, 0.25) is 0 Å². The highest BCUT2D eigenvalue weighted by Crippen LogP contribution is 2.15. The molecule has 0 fully saturated rings. The van der Waals surface area contributed by atoms with Crippen LogP contribution in [0.4, 0.5) is 0 Å². The summed E-state index contributed by atoms with van der Waals surface area (Å²) < 4.78 is 17.3. The van der Waals surface area contributed by atoms with Crippen LogP contribution >= 0.6 is 0 Å². The maximum Gasteiger partial charge on any atom is 0.362 e. The molecule has 0 aromatic rings. The van der Waals surface area contributed by atoms with Gasteiger partial charge in [-0.1, -0.05) is 167 Å². The van der Waals surface area contributed by atoms with Crippen molar-refractivity contribution < 1.29 is 38.2 Å². The third-order valence-electron chi connectivity index (χ3n) is 10.4. The summed E-state index contributed by atoms with van der Waals surface area (Å²) in [7, 11) is 5.53. The number of aliphatic carboxylic acids is 1. The highest BCUT2D eigenvalue weighted by Gasteiger charge is 2.31. The molecule has 0 heterocycles. The minimum Gasteiger partial charge on any atom is -0.477 e. The van der Waals surface area contributed by atoms with E-state index in [1.807, 2.05) is 21.1 Å². The predicted octanol–water partition coefficient (Wildman–Crippen LogP) is 12.3. The Morgan fingerprint density at radius 1 is 0.537 bits per heavy atom. The third-order valence-corrected chi connectivity index (χ3v) is 10.4. The lowest BCUT2D eigenvalue weighted by molar-refractivity contribution is -0.887. The van der Waals surface area contributed by atoms with Crippen LogP contribution in [0.25, 0.3) is 0 Å². The van der Waals surface area contributed by atoms with Crippen LogP contribution < -0.4 is 0 Å². The Labute approximate surface area is 333 Å². The average molecular weight is 767 g/mol. The molecule has 0 bridgehead atoms. The number of carbonyl (C=O) groups is 3. The van der Waals surface area contributed by atoms with Crippen molar-refractivity contribution in [2.45, 2.75) is 225 Å². The maximum absolute atomic E-state index is 12.7. The summed E-state index contributed by atoms with van der Waals surface area (Å²) in [5.74, 6) is -1.46. The third kappa shape index (κ3) is 35.8. The number of allylic oxidation sites excluding steroid dienone is 2. The van der Waals surface area contributed by atoms with Crippen molar-refractivity contribution in [3.8, 4) is 0 Å². The molecule has 0 amide bonds. The number of carbonyl (C=O) groups excluding carboxylic acids is 2. The van der Waals surface area contributed by atoms with Crippen LogP contribution in [-0.2, 0) is 28.6 Å². The van der Waals surface area contributed by atoms with Crippen LogP contribution in [0.15, 0.2) is 12.2 Å². The highest BCUT2D eigenvalue weighted by atomic mass is 16.6. The molecule has 318 valence electrons. The van der Waals surface area contributed by atoms with Gasteiger partial charge in [-0.25, -0.2) is 4.79 Å². The molecule has 8 nitrogen and oxygen atoms in total. The average Bonchev–Trinajstić information content (AvgIpc) is 3.12. The molecule has 0 radical (unpaired) electrons. The fourth-order valence-corrected chi connectivity index (χ4v) is 6.85. The number of unbranched alkanes of at least 4 members (excludes halogenated alkanes) is 25. The summed E-state index contributed by atoms with van der Waals surface area (Å²) in [6, 6.07) is -0.610. The lowest BCUT2D eigenvalue weighted by atomic mass is 10.1. The Morgan fingerprint density at radius 3 is 1.33 bits per heavy atom. The van der Waals surface area contributed by atoms with Gasteiger partial charge in [-0.2, -0.15) is 0 Å². The van der Waals surface area contributed by atoms with Gasteiger partial charge in [0.25, 0.3) is 0 Å². The summed E-state index contributed by atoms with van der Waals surface area (Å²) in [6.07, 6.45) is 39.7. The van der Waals surface area contributed by atoms with E-state index in [-0.39, 0.29) is 36.2 Å². The fraction of sp³-hybridized carbons (Fsp3) is 0.891. The van der Waals surface area contributed by atoms with E-state index in [9.17, 15) is 19.5 Å². The van der Waals surface area contributed by atoms with Crippen molar-refractivity contribution in [2.24, 2.45) is 0 Å². The lowest BCUT2D eigenvalue weighted by Gasteiger charge is -2.31. The van der Waals surface area contributed by atoms with E-state index in [2.05, 4.69) is 26.0 Å². The molecule has 8 heteroatoms. The second kappa shape index (κ2) is 38.0. The van der Waals surface area contributed by atoms with E-state index < -0.39 is 18.1 Å². The van der Waals surface area contributed by atoms with Crippen molar-refractivity contribution in [3.63, 3.8) is 0 Å². The van der Waals surface area contributed by atoms with Gasteiger partial charge < -0.3 is 23.8 Å². The Hall–Kier alpha value is -1.93. The lowest BCUT2D eigenvalue weighted by Crippen LogP contribution is -2.50. The molecule has 2 atom stereocenters. The van der Waals surface area contributed by atoms with Crippen LogP contribution in [0.5, 0.6) is 0 Å². The molecule has 0 saturated carbocycles. The van der Waals surface area contributed by atoms with Gasteiger partial charge >= 0.3 is 17.9 Å². The number of carboxylic acids is 1. The molecule has 0 aliphatic heterocycles. The minimum absolute atomic E-state index is 0.0472. The monoisotopic (exact) mass is 767 g/mol. The van der Waals surface area contributed by atoms with Crippen LogP contribution in [0.1, 0.15) is 213 Å². The number of nitrogens with zero attached hydrogens (tertiary/aromatic N) is 1. The van der Waals surface area contributed by atoms with Crippen molar-refractivity contribution in [1.82, 2.24) is 0 Å². The molecule has 1 N–H and O–H groups in total. The molecular weight excluding hydrogens is 679 g/mol. The van der Waals surface area contributed by atoms with Gasteiger partial charge in [0.05, 0.1) is 34.4 Å². The fourth-order valence-electron chi connectivity index (χ4n) is 6.85. The summed E-state index contributed by atoms with van der Waals surface area (Å²) in [4.78, 5) is 36.9. The minimum atomic E-state index is -0.873. The molecule has 0 saturated heterocycles. The molecule has 2 unspecified atom stereocenters. The van der Waals surface area contributed by atoms with Crippen LogP contribution in [0, 0.1) is 0 Å². The number of rotatable bonds is 41. The zero-order valence-electron chi connectivity index (χ0n) is 36.2. The molecular formula is C46H88NO7+. The first-order chi connectivity index (χ1) is 26.1. The second-order valence-corrected chi connectivity index (χ2v) is 16.7. The smallest absolute Gasteiger partial charge is 0.362 e. The van der Waals surface area contributed by atoms with Gasteiger partial charge in [-0.3, -0.25) is 9.59 Å². The van der Waals surface area contributed by atoms with E-state index >= 15 is 0 Å². The predicted molar refractivity (Wildman–Crippen MR) is 225 cm³/mol. The first-order valence-electron chi connectivity index (χ1n) is 22.7. The quantitative estimate of drug-likeness (QED) is 0.0286. The van der Waals surface area contributed by atoms with Crippen molar-refractivity contribution in [1.29, 1.82) is 0 Å². The van der Waals surface area contributed by atoms with E-state index in [0.29, 0.717) is 19.3 Å². The number of ether oxygens (including phenoxy) is 3. The molecule has 0 aliphatic carbocycles. The zero-order chi connectivity index (χ0) is 40.0. The summed E-state index contributed by atoms with van der Waals surface area (Å²) >= 11 is 0. The molecule has 0 aromatic carbocycles. The van der Waals surface area contributed by atoms with E-state index in [4.69, 9.17) is 14.2 Å². The largest absolute Gasteiger partial charge is 0.477 e. The van der Waals surface area contributed by atoms with Gasteiger partial charge in [-0.15, -0.1) is 0 Å². The Balaban J connectivity index is 4.25. The Bertz CT molecular complexity index is 900. The van der Waals surface area contributed by atoms with Gasteiger partial charge in [0.15, 0.2) is 12.1 Å². The van der Waals surface area contributed by atoms with Gasteiger partial charge in [0.1, 0.15) is 6.61 Å². The number of hydrogen-bond acceptors (Lipinski definition) is 6. The summed E-state index contributed by atoms with van der Waals surface area (Å²) in [6.45, 7) is 4.74. The second-order valence-electron chi connectivity index (χ2n) is 16.7. The number of hydrogen-bond donors (Lipinski definition) is 1. The van der Waals surface area contributed by atoms with E-state index in [0.717, 1.165) is 38.5 Å². The van der Waals surface area contributed by atoms with Crippen molar-refractivity contribution in [2.75, 3.05) is 41.0 Å². The topological polar surface area (TPSA) is 99.1 Å². The van der Waals surface area contributed by atoms with Crippen LogP contribution in [0.2, 0.25) is 0 Å². The molecule has 0 rings (SSSR count). The van der Waals surface area contributed by atoms with Crippen LogP contribution in [0.3, 0.4) is 0 Å². The zero-order valence-corrected chi connectivity index (χ0v) is 36.2. The molecule has 54 heavy (non-hydrogen) atoms. The maximum atomic E-state index is 12.7. The van der Waals surface area contributed by atoms with Gasteiger partial charge in [0, 0.05) is 19.3 Å². The van der Waals surface area contributed by atoms with E-state index in [1.54, 1.807) is 0 Å². The number of esters is 2. The molecule has 0 aliphatic rings. The Morgan fingerprint density at radius 2 is 0.926 bits per heavy atom. The van der Waals surface area contributed by atoms with Gasteiger partial charge in [-0.05, 0) is 38.5 Å².